The molecule has 0 aromatic carbocycles. The molecule has 1 aliphatic rings. The highest BCUT2D eigenvalue weighted by atomic mass is 16.2. The highest BCUT2D eigenvalue weighted by molar-refractivity contribution is 6.06. The Hall–Kier alpha value is -4.40. The molecule has 0 spiro atoms. The predicted molar refractivity (Wildman–Crippen MR) is 126 cm³/mol. The van der Waals surface area contributed by atoms with E-state index in [1.807, 2.05) is 64.4 Å². The summed E-state index contributed by atoms with van der Waals surface area (Å²) < 4.78 is 3.62. The van der Waals surface area contributed by atoms with Crippen molar-refractivity contribution in [3.8, 4) is 22.9 Å². The summed E-state index contributed by atoms with van der Waals surface area (Å²) in [6.45, 7) is 1.31. The molecule has 34 heavy (non-hydrogen) atoms. The number of amides is 1. The van der Waals surface area contributed by atoms with Crippen molar-refractivity contribution in [2.45, 2.75) is 25.4 Å². The van der Waals surface area contributed by atoms with Crippen LogP contribution in [0.2, 0.25) is 0 Å². The van der Waals surface area contributed by atoms with E-state index in [9.17, 15) is 4.79 Å². The molecule has 6 rings (SSSR count). The number of hydrogen-bond donors (Lipinski definition) is 0. The van der Waals surface area contributed by atoms with Crippen LogP contribution < -0.4 is 0 Å². The van der Waals surface area contributed by atoms with Crippen molar-refractivity contribution in [3.63, 3.8) is 0 Å². The number of rotatable bonds is 5. The second kappa shape index (κ2) is 8.51. The van der Waals surface area contributed by atoms with Gasteiger partial charge in [0.05, 0.1) is 29.4 Å². The number of fused-ring (bicyclic) bond motifs is 1. The van der Waals surface area contributed by atoms with Crippen LogP contribution in [0.4, 0.5) is 0 Å². The summed E-state index contributed by atoms with van der Waals surface area (Å²) in [6, 6.07) is 15.2. The molecule has 0 unspecified atom stereocenters. The first-order valence-electron chi connectivity index (χ1n) is 11.3. The minimum Gasteiger partial charge on any atom is -0.334 e. The van der Waals surface area contributed by atoms with Crippen LogP contribution in [0.25, 0.3) is 28.4 Å². The molecular formula is C25H22N8O. The summed E-state index contributed by atoms with van der Waals surface area (Å²) in [5, 5.41) is 9.34. The lowest BCUT2D eigenvalue weighted by molar-refractivity contribution is 0.0724. The van der Waals surface area contributed by atoms with E-state index in [2.05, 4.69) is 20.1 Å². The fraction of sp³-hybridized carbons (Fsp3) is 0.200. The molecule has 0 saturated carbocycles. The van der Waals surface area contributed by atoms with Gasteiger partial charge in [-0.25, -0.2) is 14.5 Å². The summed E-state index contributed by atoms with van der Waals surface area (Å²) >= 11 is 0. The first-order valence-corrected chi connectivity index (χ1v) is 11.3. The minimum atomic E-state index is -0.0525. The third-order valence-corrected chi connectivity index (χ3v) is 6.14. The van der Waals surface area contributed by atoms with Crippen molar-refractivity contribution >= 4 is 11.4 Å². The van der Waals surface area contributed by atoms with Crippen molar-refractivity contribution in [3.05, 3.63) is 85.1 Å². The third kappa shape index (κ3) is 3.61. The average molecular weight is 451 g/mol. The van der Waals surface area contributed by atoms with Crippen LogP contribution in [-0.2, 0) is 6.54 Å². The summed E-state index contributed by atoms with van der Waals surface area (Å²) in [7, 11) is 0. The van der Waals surface area contributed by atoms with Crippen LogP contribution in [0.5, 0.6) is 0 Å². The second-order valence-electron chi connectivity index (χ2n) is 8.26. The zero-order chi connectivity index (χ0) is 22.9. The molecule has 9 nitrogen and oxygen atoms in total. The normalized spacial score (nSPS) is 15.8. The van der Waals surface area contributed by atoms with E-state index in [1.54, 1.807) is 29.2 Å². The Morgan fingerprint density at radius 1 is 0.882 bits per heavy atom. The van der Waals surface area contributed by atoms with E-state index < -0.39 is 0 Å². The number of pyridine rings is 2. The number of carbonyl (C=O) groups excluding carboxylic acids is 1. The fourth-order valence-electron chi connectivity index (χ4n) is 4.55. The van der Waals surface area contributed by atoms with Gasteiger partial charge in [0, 0.05) is 37.5 Å². The molecule has 0 bridgehead atoms. The fourth-order valence-corrected chi connectivity index (χ4v) is 4.55. The lowest BCUT2D eigenvalue weighted by Crippen LogP contribution is -2.38. The topological polar surface area (TPSA) is 94.1 Å². The maximum atomic E-state index is 13.9. The number of nitrogens with zero attached hydrogens (tertiary/aromatic N) is 8. The van der Waals surface area contributed by atoms with Gasteiger partial charge in [-0.1, -0.05) is 12.1 Å². The van der Waals surface area contributed by atoms with Gasteiger partial charge < -0.3 is 4.90 Å². The molecule has 1 amide bonds. The van der Waals surface area contributed by atoms with E-state index >= 15 is 0 Å². The molecule has 0 N–H and O–H groups in total. The van der Waals surface area contributed by atoms with Crippen LogP contribution in [0.3, 0.4) is 0 Å². The zero-order valence-electron chi connectivity index (χ0n) is 18.4. The van der Waals surface area contributed by atoms with E-state index in [-0.39, 0.29) is 11.9 Å². The van der Waals surface area contributed by atoms with Crippen molar-refractivity contribution in [1.82, 2.24) is 39.2 Å². The smallest absolute Gasteiger partial charge is 0.258 e. The van der Waals surface area contributed by atoms with Gasteiger partial charge in [0.25, 0.3) is 5.91 Å². The highest BCUT2D eigenvalue weighted by Gasteiger charge is 2.34. The van der Waals surface area contributed by atoms with Crippen molar-refractivity contribution in [2.24, 2.45) is 0 Å². The van der Waals surface area contributed by atoms with Gasteiger partial charge in [-0.3, -0.25) is 14.5 Å². The SMILES string of the molecule is O=C(c1c(-c2ncccn2)nn2ccccc12)N1CCC[C@H]1Cn1ccc(-c2ccccn2)n1. The summed E-state index contributed by atoms with van der Waals surface area (Å²) in [6.07, 6.45) is 10.7. The lowest BCUT2D eigenvalue weighted by atomic mass is 10.1. The molecule has 1 aliphatic heterocycles. The van der Waals surface area contributed by atoms with Gasteiger partial charge in [-0.05, 0) is 49.2 Å². The molecule has 6 heterocycles. The van der Waals surface area contributed by atoms with Gasteiger partial charge in [0.1, 0.15) is 11.4 Å². The van der Waals surface area contributed by atoms with Crippen molar-refractivity contribution < 1.29 is 4.79 Å². The van der Waals surface area contributed by atoms with Gasteiger partial charge >= 0.3 is 0 Å². The summed E-state index contributed by atoms with van der Waals surface area (Å²) in [5.74, 6) is 0.389. The Morgan fingerprint density at radius 3 is 2.59 bits per heavy atom. The van der Waals surface area contributed by atoms with Gasteiger partial charge in [-0.15, -0.1) is 0 Å². The molecular weight excluding hydrogens is 428 g/mol. The van der Waals surface area contributed by atoms with E-state index in [1.165, 1.54) is 0 Å². The Bertz CT molecular complexity index is 1440. The quantitative estimate of drug-likeness (QED) is 0.408. The number of aromatic nitrogens is 7. The molecule has 9 heteroatoms. The number of likely N-dealkylation sites (tertiary alicyclic amines) is 1. The lowest BCUT2D eigenvalue weighted by Gasteiger charge is -2.24. The van der Waals surface area contributed by atoms with E-state index in [0.717, 1.165) is 29.7 Å². The molecule has 1 atom stereocenters. The molecule has 168 valence electrons. The minimum absolute atomic E-state index is 0.0344. The Balaban J connectivity index is 1.32. The zero-order valence-corrected chi connectivity index (χ0v) is 18.4. The third-order valence-electron chi connectivity index (χ3n) is 6.14. The standard InChI is InChI=1S/C25H22N8O/c34-25(22-21-9-2-4-15-33(21)30-23(22)24-27-12-6-13-28-24)32-14-5-7-18(32)17-31-16-10-20(29-31)19-8-1-3-11-26-19/h1-4,6,8-13,15-16,18H,5,7,14,17H2/t18-/m0/s1. The maximum Gasteiger partial charge on any atom is 0.258 e. The molecule has 0 aliphatic carbocycles. The molecule has 1 saturated heterocycles. The molecule has 5 aromatic rings. The van der Waals surface area contributed by atoms with Crippen LogP contribution in [0, 0.1) is 0 Å². The average Bonchev–Trinajstić information content (AvgIpc) is 3.64. The van der Waals surface area contributed by atoms with Gasteiger partial charge in [-0.2, -0.15) is 10.2 Å². The Morgan fingerprint density at radius 2 is 1.74 bits per heavy atom. The second-order valence-corrected chi connectivity index (χ2v) is 8.26. The van der Waals surface area contributed by atoms with Crippen molar-refractivity contribution in [2.75, 3.05) is 6.54 Å². The summed E-state index contributed by atoms with van der Waals surface area (Å²) in [5.41, 5.74) is 3.44. The Labute approximate surface area is 195 Å². The molecule has 0 radical (unpaired) electrons. The monoisotopic (exact) mass is 450 g/mol. The van der Waals surface area contributed by atoms with Crippen LogP contribution >= 0.6 is 0 Å². The number of hydrogen-bond acceptors (Lipinski definition) is 6. The number of carbonyl (C=O) groups is 1. The van der Waals surface area contributed by atoms with Crippen LogP contribution in [0.1, 0.15) is 23.2 Å². The van der Waals surface area contributed by atoms with E-state index in [4.69, 9.17) is 5.10 Å². The van der Waals surface area contributed by atoms with Crippen LogP contribution in [0.15, 0.2) is 79.5 Å². The molecule has 1 fully saturated rings. The van der Waals surface area contributed by atoms with Gasteiger partial charge in [0.2, 0.25) is 0 Å². The Kier molecular flexibility index (Phi) is 5.06. The predicted octanol–water partition coefficient (Wildman–Crippen LogP) is 3.35. The van der Waals surface area contributed by atoms with Crippen molar-refractivity contribution in [1.29, 1.82) is 0 Å². The first-order chi connectivity index (χ1) is 16.8. The first kappa shape index (κ1) is 20.2. The summed E-state index contributed by atoms with van der Waals surface area (Å²) in [4.78, 5) is 29.0. The highest BCUT2D eigenvalue weighted by Crippen LogP contribution is 2.29. The van der Waals surface area contributed by atoms with Gasteiger partial charge in [0.15, 0.2) is 5.82 Å². The maximum absolute atomic E-state index is 13.9. The molecule has 5 aromatic heterocycles. The van der Waals surface area contributed by atoms with E-state index in [0.29, 0.717) is 30.2 Å². The largest absolute Gasteiger partial charge is 0.334 e. The van der Waals surface area contributed by atoms with Crippen LogP contribution in [-0.4, -0.2) is 57.7 Å².